The molecule has 0 aliphatic rings. The second-order valence-electron chi connectivity index (χ2n) is 6.91. The van der Waals surface area contributed by atoms with E-state index < -0.39 is 17.8 Å². The molecule has 2 N–H and O–H groups in total. The molecule has 3 rings (SSSR count). The second-order valence-corrected chi connectivity index (χ2v) is 7.97. The Hall–Kier alpha value is -3.00. The molecule has 0 spiro atoms. The van der Waals surface area contributed by atoms with Gasteiger partial charge in [0.1, 0.15) is 23.3 Å². The summed E-state index contributed by atoms with van der Waals surface area (Å²) in [5, 5.41) is 8.22. The fraction of sp³-hybridized carbons (Fsp3) is 0.286. The van der Waals surface area contributed by atoms with Gasteiger partial charge in [0.25, 0.3) is 5.91 Å². The number of aromatic nitrogens is 1. The summed E-state index contributed by atoms with van der Waals surface area (Å²) in [5.74, 6) is -0.610. The Morgan fingerprint density at radius 1 is 1.21 bits per heavy atom. The van der Waals surface area contributed by atoms with E-state index in [1.54, 1.807) is 32.0 Å². The van der Waals surface area contributed by atoms with Crippen molar-refractivity contribution in [1.29, 1.82) is 0 Å². The number of hydrogen-bond acceptors (Lipinski definition) is 5. The summed E-state index contributed by atoms with van der Waals surface area (Å²) in [5.41, 5.74) is 0.655. The van der Waals surface area contributed by atoms with Crippen LogP contribution in [-0.4, -0.2) is 22.8 Å². The molecule has 0 unspecified atom stereocenters. The molecule has 0 saturated heterocycles. The SMILES string of the molecule is Cc1nc(-c2ccc(CNC(=O)[C@H](NC(=O)c3ccccc3F)C(C)C)o2)cs1. The van der Waals surface area contributed by atoms with Gasteiger partial charge in [-0.25, -0.2) is 9.37 Å². The Balaban J connectivity index is 1.62. The van der Waals surface area contributed by atoms with Crippen molar-refractivity contribution in [3.63, 3.8) is 0 Å². The van der Waals surface area contributed by atoms with Crippen molar-refractivity contribution in [3.05, 3.63) is 63.9 Å². The van der Waals surface area contributed by atoms with E-state index in [4.69, 9.17) is 4.42 Å². The number of benzene rings is 1. The maximum atomic E-state index is 13.8. The van der Waals surface area contributed by atoms with Crippen LogP contribution in [0.25, 0.3) is 11.5 Å². The molecule has 29 heavy (non-hydrogen) atoms. The normalized spacial score (nSPS) is 12.0. The van der Waals surface area contributed by atoms with Crippen LogP contribution < -0.4 is 10.6 Å². The van der Waals surface area contributed by atoms with Gasteiger partial charge in [0.15, 0.2) is 5.76 Å². The van der Waals surface area contributed by atoms with E-state index in [0.717, 1.165) is 10.7 Å². The van der Waals surface area contributed by atoms with Crippen LogP contribution in [0.5, 0.6) is 0 Å². The van der Waals surface area contributed by atoms with E-state index in [-0.39, 0.29) is 23.9 Å². The van der Waals surface area contributed by atoms with E-state index in [1.165, 1.54) is 29.5 Å². The van der Waals surface area contributed by atoms with E-state index in [0.29, 0.717) is 11.5 Å². The molecule has 0 aliphatic heterocycles. The molecule has 0 bridgehead atoms. The highest BCUT2D eigenvalue weighted by atomic mass is 32.1. The van der Waals surface area contributed by atoms with Crippen molar-refractivity contribution in [1.82, 2.24) is 15.6 Å². The van der Waals surface area contributed by atoms with Gasteiger partial charge in [-0.2, -0.15) is 0 Å². The summed E-state index contributed by atoms with van der Waals surface area (Å²) in [6, 6.07) is 8.42. The Morgan fingerprint density at radius 3 is 2.62 bits per heavy atom. The van der Waals surface area contributed by atoms with Gasteiger partial charge in [-0.05, 0) is 37.1 Å². The summed E-state index contributed by atoms with van der Waals surface area (Å²) in [4.78, 5) is 29.4. The monoisotopic (exact) mass is 415 g/mol. The minimum atomic E-state index is -0.808. The predicted octanol–water partition coefficient (Wildman–Crippen LogP) is 3.92. The zero-order valence-corrected chi connectivity index (χ0v) is 17.2. The van der Waals surface area contributed by atoms with Gasteiger partial charge in [-0.1, -0.05) is 26.0 Å². The van der Waals surface area contributed by atoms with Crippen molar-refractivity contribution in [2.75, 3.05) is 0 Å². The first-order chi connectivity index (χ1) is 13.8. The quantitative estimate of drug-likeness (QED) is 0.613. The van der Waals surface area contributed by atoms with Crippen molar-refractivity contribution < 1.29 is 18.4 Å². The van der Waals surface area contributed by atoms with E-state index in [1.807, 2.05) is 12.3 Å². The zero-order valence-electron chi connectivity index (χ0n) is 16.4. The number of carbonyl (C=O) groups is 2. The molecule has 0 saturated carbocycles. The lowest BCUT2D eigenvalue weighted by Gasteiger charge is -2.21. The van der Waals surface area contributed by atoms with Crippen LogP contribution in [0.4, 0.5) is 4.39 Å². The molecule has 1 aromatic carbocycles. The standard InChI is InChI=1S/C21H22FN3O3S/c1-12(2)19(25-20(26)15-6-4-5-7-16(15)22)21(27)23-10-14-8-9-18(28-14)17-11-29-13(3)24-17/h4-9,11-12,19H,10H2,1-3H3,(H,23,27)(H,25,26)/t19-/m1/s1. The second kappa shape index (κ2) is 9.00. The largest absolute Gasteiger partial charge is 0.458 e. The average Bonchev–Trinajstić information content (AvgIpc) is 3.33. The molecule has 2 amide bonds. The molecule has 0 aliphatic carbocycles. The Bertz CT molecular complexity index is 1010. The molecule has 2 heterocycles. The van der Waals surface area contributed by atoms with Gasteiger partial charge in [0, 0.05) is 5.38 Å². The van der Waals surface area contributed by atoms with Crippen molar-refractivity contribution in [2.24, 2.45) is 5.92 Å². The van der Waals surface area contributed by atoms with Gasteiger partial charge in [-0.3, -0.25) is 9.59 Å². The Labute approximate surface area is 172 Å². The third-order valence-corrected chi connectivity index (χ3v) is 5.10. The van der Waals surface area contributed by atoms with Gasteiger partial charge < -0.3 is 15.1 Å². The predicted molar refractivity (Wildman–Crippen MR) is 109 cm³/mol. The smallest absolute Gasteiger partial charge is 0.254 e. The molecule has 1 atom stereocenters. The van der Waals surface area contributed by atoms with E-state index in [9.17, 15) is 14.0 Å². The van der Waals surface area contributed by atoms with Crippen molar-refractivity contribution in [3.8, 4) is 11.5 Å². The number of thiazole rings is 1. The fourth-order valence-electron chi connectivity index (χ4n) is 2.77. The molecule has 8 heteroatoms. The number of nitrogens with zero attached hydrogens (tertiary/aromatic N) is 1. The molecule has 2 aromatic heterocycles. The number of nitrogens with one attached hydrogen (secondary N) is 2. The maximum Gasteiger partial charge on any atom is 0.254 e. The first kappa shape index (κ1) is 20.7. The highest BCUT2D eigenvalue weighted by molar-refractivity contribution is 7.09. The van der Waals surface area contributed by atoms with Crippen LogP contribution in [0.2, 0.25) is 0 Å². The minimum Gasteiger partial charge on any atom is -0.458 e. The number of amides is 2. The van der Waals surface area contributed by atoms with E-state index in [2.05, 4.69) is 15.6 Å². The average molecular weight is 415 g/mol. The summed E-state index contributed by atoms with van der Waals surface area (Å²) >= 11 is 1.53. The zero-order chi connectivity index (χ0) is 21.0. The Kier molecular flexibility index (Phi) is 6.43. The van der Waals surface area contributed by atoms with E-state index >= 15 is 0 Å². The van der Waals surface area contributed by atoms with Crippen LogP contribution in [0, 0.1) is 18.7 Å². The van der Waals surface area contributed by atoms with Gasteiger partial charge in [-0.15, -0.1) is 11.3 Å². The van der Waals surface area contributed by atoms with Crippen LogP contribution in [0.1, 0.15) is 35.0 Å². The third-order valence-electron chi connectivity index (χ3n) is 4.32. The Morgan fingerprint density at radius 2 is 1.97 bits per heavy atom. The topological polar surface area (TPSA) is 84.2 Å². The summed E-state index contributed by atoms with van der Waals surface area (Å²) in [7, 11) is 0. The van der Waals surface area contributed by atoms with Gasteiger partial charge in [0.2, 0.25) is 5.91 Å². The molecule has 152 valence electrons. The lowest BCUT2D eigenvalue weighted by atomic mass is 10.0. The summed E-state index contributed by atoms with van der Waals surface area (Å²) in [6.07, 6.45) is 0. The highest BCUT2D eigenvalue weighted by Crippen LogP contribution is 2.23. The molecule has 6 nitrogen and oxygen atoms in total. The lowest BCUT2D eigenvalue weighted by Crippen LogP contribution is -2.49. The molecule has 0 radical (unpaired) electrons. The first-order valence-electron chi connectivity index (χ1n) is 9.19. The molecule has 0 fully saturated rings. The number of rotatable bonds is 7. The van der Waals surface area contributed by atoms with Crippen LogP contribution >= 0.6 is 11.3 Å². The van der Waals surface area contributed by atoms with Gasteiger partial charge >= 0.3 is 0 Å². The number of carbonyl (C=O) groups excluding carboxylic acids is 2. The van der Waals surface area contributed by atoms with Crippen LogP contribution in [-0.2, 0) is 11.3 Å². The molecular formula is C21H22FN3O3S. The highest BCUT2D eigenvalue weighted by Gasteiger charge is 2.25. The number of halogens is 1. The fourth-order valence-corrected chi connectivity index (χ4v) is 3.37. The number of aryl methyl sites for hydroxylation is 1. The van der Waals surface area contributed by atoms with Crippen LogP contribution in [0.15, 0.2) is 46.2 Å². The van der Waals surface area contributed by atoms with Gasteiger partial charge in [0.05, 0.1) is 17.1 Å². The molecule has 3 aromatic rings. The first-order valence-corrected chi connectivity index (χ1v) is 10.1. The van der Waals surface area contributed by atoms with Crippen LogP contribution in [0.3, 0.4) is 0 Å². The molecular weight excluding hydrogens is 393 g/mol. The third kappa shape index (κ3) is 5.08. The number of furan rings is 1. The van der Waals surface area contributed by atoms with Crippen molar-refractivity contribution >= 4 is 23.2 Å². The lowest BCUT2D eigenvalue weighted by molar-refractivity contribution is -0.124. The summed E-state index contributed by atoms with van der Waals surface area (Å²) in [6.45, 7) is 5.70. The summed E-state index contributed by atoms with van der Waals surface area (Å²) < 4.78 is 19.6. The number of hydrogen-bond donors (Lipinski definition) is 2. The minimum absolute atomic E-state index is 0.0971. The van der Waals surface area contributed by atoms with Crippen molar-refractivity contribution in [2.45, 2.75) is 33.4 Å². The maximum absolute atomic E-state index is 13.8.